The predicted molar refractivity (Wildman–Crippen MR) is 110 cm³/mol. The molecule has 0 aliphatic heterocycles. The summed E-state index contributed by atoms with van der Waals surface area (Å²) in [6.07, 6.45) is -4.46. The highest BCUT2D eigenvalue weighted by Crippen LogP contribution is 2.34. The Hall–Kier alpha value is -2.54. The molecule has 0 saturated heterocycles. The van der Waals surface area contributed by atoms with E-state index in [-0.39, 0.29) is 10.8 Å². The molecule has 0 unspecified atom stereocenters. The van der Waals surface area contributed by atoms with E-state index in [9.17, 15) is 13.2 Å². The summed E-state index contributed by atoms with van der Waals surface area (Å²) >= 11 is 5.14. The number of rotatable bonds is 6. The van der Waals surface area contributed by atoms with Crippen molar-refractivity contribution in [2.24, 2.45) is 0 Å². The molecule has 2 aromatic rings. The molecule has 0 amide bonds. The minimum Gasteiger partial charge on any atom is -0.372 e. The van der Waals surface area contributed by atoms with Crippen LogP contribution in [0, 0.1) is 0 Å². The van der Waals surface area contributed by atoms with Gasteiger partial charge in [0.2, 0.25) is 0 Å². The summed E-state index contributed by atoms with van der Waals surface area (Å²) in [5.74, 6) is 0. The second-order valence-electron chi connectivity index (χ2n) is 5.82. The van der Waals surface area contributed by atoms with Crippen molar-refractivity contribution in [1.82, 2.24) is 5.32 Å². The number of hydrogen-bond donors (Lipinski definition) is 2. The molecular weight excluding hydrogens is 371 g/mol. The second kappa shape index (κ2) is 8.90. The molecule has 2 rings (SSSR count). The van der Waals surface area contributed by atoms with Crippen molar-refractivity contribution in [1.29, 1.82) is 0 Å². The Morgan fingerprint density at radius 3 is 2.19 bits per heavy atom. The Morgan fingerprint density at radius 1 is 1.04 bits per heavy atom. The summed E-state index contributed by atoms with van der Waals surface area (Å²) in [6, 6.07) is 12.9. The van der Waals surface area contributed by atoms with E-state index in [2.05, 4.69) is 36.0 Å². The van der Waals surface area contributed by atoms with Crippen molar-refractivity contribution < 1.29 is 13.2 Å². The van der Waals surface area contributed by atoms with Crippen LogP contribution in [0.25, 0.3) is 5.70 Å². The highest BCUT2D eigenvalue weighted by molar-refractivity contribution is 7.80. The Bertz CT molecular complexity index is 797. The fraction of sp³-hybridized carbons (Fsp3) is 0.250. The quantitative estimate of drug-likeness (QED) is 0.633. The Labute approximate surface area is 162 Å². The van der Waals surface area contributed by atoms with Crippen LogP contribution in [0.3, 0.4) is 0 Å². The first-order chi connectivity index (χ1) is 12.8. The number of thiocarbonyl (C=S) groups is 1. The number of nitrogens with one attached hydrogen (secondary N) is 2. The van der Waals surface area contributed by atoms with Crippen LogP contribution in [-0.2, 0) is 6.18 Å². The number of nitrogens with zero attached hydrogens (tertiary/aromatic N) is 1. The van der Waals surface area contributed by atoms with E-state index >= 15 is 0 Å². The Morgan fingerprint density at radius 2 is 1.63 bits per heavy atom. The zero-order valence-corrected chi connectivity index (χ0v) is 16.0. The molecule has 7 heteroatoms. The first kappa shape index (κ1) is 20.8. The molecule has 0 aromatic heterocycles. The maximum Gasteiger partial charge on any atom is 0.418 e. The minimum atomic E-state index is -4.46. The molecular formula is C20H22F3N3S. The molecule has 0 bridgehead atoms. The van der Waals surface area contributed by atoms with Gasteiger partial charge in [-0.05, 0) is 55.9 Å². The van der Waals surface area contributed by atoms with Gasteiger partial charge in [-0.1, -0.05) is 30.8 Å². The van der Waals surface area contributed by atoms with Gasteiger partial charge < -0.3 is 15.5 Å². The maximum absolute atomic E-state index is 13.1. The molecule has 0 heterocycles. The summed E-state index contributed by atoms with van der Waals surface area (Å²) in [7, 11) is 0. The lowest BCUT2D eigenvalue weighted by Gasteiger charge is -2.21. The number of alkyl halides is 3. The van der Waals surface area contributed by atoms with E-state index in [0.29, 0.717) is 5.70 Å². The average molecular weight is 393 g/mol. The molecule has 0 atom stereocenters. The number of benzene rings is 2. The SMILES string of the molecule is C=C(NC(=S)Nc1ccccc1C(F)(F)F)c1ccc(N(CC)CC)cc1. The van der Waals surface area contributed by atoms with Crippen LogP contribution >= 0.6 is 12.2 Å². The smallest absolute Gasteiger partial charge is 0.372 e. The van der Waals surface area contributed by atoms with Crippen LogP contribution in [0.1, 0.15) is 25.0 Å². The number of para-hydroxylation sites is 1. The maximum atomic E-state index is 13.1. The van der Waals surface area contributed by atoms with Gasteiger partial charge in [0.15, 0.2) is 5.11 Å². The molecule has 144 valence electrons. The molecule has 2 aromatic carbocycles. The summed E-state index contributed by atoms with van der Waals surface area (Å²) < 4.78 is 39.2. The first-order valence-electron chi connectivity index (χ1n) is 8.54. The van der Waals surface area contributed by atoms with E-state index in [1.165, 1.54) is 18.2 Å². The third kappa shape index (κ3) is 5.47. The standard InChI is InChI=1S/C20H22F3N3S/c1-4-26(5-2)16-12-10-15(11-13-16)14(3)24-19(27)25-18-9-7-6-8-17(18)20(21,22)23/h6-13H,3-5H2,1-2H3,(H2,24,25,27). The monoisotopic (exact) mass is 393 g/mol. The molecule has 0 saturated carbocycles. The third-order valence-corrected chi connectivity index (χ3v) is 4.29. The van der Waals surface area contributed by atoms with Crippen LogP contribution in [-0.4, -0.2) is 18.2 Å². The van der Waals surface area contributed by atoms with E-state index in [4.69, 9.17) is 12.2 Å². The average Bonchev–Trinajstić information content (AvgIpc) is 2.62. The van der Waals surface area contributed by atoms with Crippen molar-refractivity contribution in [3.8, 4) is 0 Å². The van der Waals surface area contributed by atoms with Crippen molar-refractivity contribution in [2.45, 2.75) is 20.0 Å². The van der Waals surface area contributed by atoms with Crippen LogP contribution < -0.4 is 15.5 Å². The fourth-order valence-electron chi connectivity index (χ4n) is 2.66. The van der Waals surface area contributed by atoms with Crippen molar-refractivity contribution in [3.05, 3.63) is 66.2 Å². The zero-order valence-electron chi connectivity index (χ0n) is 15.2. The lowest BCUT2D eigenvalue weighted by molar-refractivity contribution is -0.136. The molecule has 27 heavy (non-hydrogen) atoms. The van der Waals surface area contributed by atoms with Crippen LogP contribution in [0.5, 0.6) is 0 Å². The van der Waals surface area contributed by atoms with Crippen molar-refractivity contribution >= 4 is 34.4 Å². The van der Waals surface area contributed by atoms with E-state index < -0.39 is 11.7 Å². The van der Waals surface area contributed by atoms with E-state index in [1.54, 1.807) is 0 Å². The topological polar surface area (TPSA) is 27.3 Å². The van der Waals surface area contributed by atoms with Gasteiger partial charge in [-0.25, -0.2) is 0 Å². The second-order valence-corrected chi connectivity index (χ2v) is 6.23. The molecule has 0 radical (unpaired) electrons. The highest BCUT2D eigenvalue weighted by atomic mass is 32.1. The molecule has 3 nitrogen and oxygen atoms in total. The van der Waals surface area contributed by atoms with Gasteiger partial charge in [0.05, 0.1) is 11.3 Å². The van der Waals surface area contributed by atoms with Gasteiger partial charge in [0, 0.05) is 24.5 Å². The predicted octanol–water partition coefficient (Wildman–Crippen LogP) is 5.51. The van der Waals surface area contributed by atoms with Gasteiger partial charge in [0.25, 0.3) is 0 Å². The number of hydrogen-bond acceptors (Lipinski definition) is 2. The fourth-order valence-corrected chi connectivity index (χ4v) is 2.90. The molecule has 0 fully saturated rings. The van der Waals surface area contributed by atoms with Crippen molar-refractivity contribution in [2.75, 3.05) is 23.3 Å². The summed E-state index contributed by atoms with van der Waals surface area (Å²) in [4.78, 5) is 2.21. The van der Waals surface area contributed by atoms with Crippen molar-refractivity contribution in [3.63, 3.8) is 0 Å². The Kier molecular flexibility index (Phi) is 6.85. The van der Waals surface area contributed by atoms with Gasteiger partial charge in [-0.15, -0.1) is 0 Å². The van der Waals surface area contributed by atoms with Crippen LogP contribution in [0.4, 0.5) is 24.5 Å². The van der Waals surface area contributed by atoms with Crippen LogP contribution in [0.2, 0.25) is 0 Å². The number of anilines is 2. The lowest BCUT2D eigenvalue weighted by atomic mass is 10.1. The van der Waals surface area contributed by atoms with E-state index in [1.807, 2.05) is 24.3 Å². The summed E-state index contributed by atoms with van der Waals surface area (Å²) in [6.45, 7) is 9.90. The van der Waals surface area contributed by atoms with Crippen LogP contribution in [0.15, 0.2) is 55.1 Å². The Balaban J connectivity index is 2.05. The summed E-state index contributed by atoms with van der Waals surface area (Å²) in [5, 5.41) is 5.49. The third-order valence-electron chi connectivity index (χ3n) is 4.09. The molecule has 2 N–H and O–H groups in total. The zero-order chi connectivity index (χ0) is 20.0. The van der Waals surface area contributed by atoms with Gasteiger partial charge >= 0.3 is 6.18 Å². The first-order valence-corrected chi connectivity index (χ1v) is 8.95. The number of halogens is 3. The van der Waals surface area contributed by atoms with E-state index in [0.717, 1.165) is 30.4 Å². The normalized spacial score (nSPS) is 11.0. The molecule has 0 spiro atoms. The van der Waals surface area contributed by atoms with Gasteiger partial charge in [-0.3, -0.25) is 0 Å². The summed E-state index contributed by atoms with van der Waals surface area (Å²) in [5.41, 5.74) is 1.52. The minimum absolute atomic E-state index is 0.0459. The molecule has 0 aliphatic rings. The largest absolute Gasteiger partial charge is 0.418 e. The van der Waals surface area contributed by atoms with Gasteiger partial charge in [0.1, 0.15) is 0 Å². The molecule has 0 aliphatic carbocycles. The lowest BCUT2D eigenvalue weighted by Crippen LogP contribution is -2.28. The highest BCUT2D eigenvalue weighted by Gasteiger charge is 2.33. The van der Waals surface area contributed by atoms with Gasteiger partial charge in [-0.2, -0.15) is 13.2 Å².